The highest BCUT2D eigenvalue weighted by atomic mass is 35.5. The van der Waals surface area contributed by atoms with E-state index in [1.54, 1.807) is 0 Å². The average Bonchev–Trinajstić information content (AvgIpc) is 2.44. The summed E-state index contributed by atoms with van der Waals surface area (Å²) >= 11 is 5.57. The van der Waals surface area contributed by atoms with E-state index in [-0.39, 0.29) is 29.6 Å². The molecule has 0 fully saturated rings. The molecule has 0 saturated heterocycles. The molecule has 118 valence electrons. The number of nitro benzene ring substituents is 1. The lowest BCUT2D eigenvalue weighted by Crippen LogP contribution is -2.20. The monoisotopic (exact) mass is 335 g/mol. The standard InChI is InChI=1S/C13H18ClNO5S/c1-3-9-20-11-5-4-6-12(13(11)15(16)17)21(18,19)10(2)7-8-14/h4-6,10H,3,7-9H2,1-2H3. The lowest BCUT2D eigenvalue weighted by Gasteiger charge is -2.13. The van der Waals surface area contributed by atoms with Crippen LogP contribution in [0.1, 0.15) is 26.7 Å². The Hall–Kier alpha value is -1.34. The van der Waals surface area contributed by atoms with E-state index in [0.717, 1.165) is 0 Å². The van der Waals surface area contributed by atoms with Gasteiger partial charge in [-0.2, -0.15) is 0 Å². The summed E-state index contributed by atoms with van der Waals surface area (Å²) in [6.07, 6.45) is 0.887. The Bertz CT molecular complexity index is 603. The van der Waals surface area contributed by atoms with E-state index >= 15 is 0 Å². The van der Waals surface area contributed by atoms with Crippen molar-refractivity contribution in [3.8, 4) is 5.75 Å². The number of alkyl halides is 1. The molecule has 0 saturated carbocycles. The van der Waals surface area contributed by atoms with Gasteiger partial charge in [0.05, 0.1) is 16.8 Å². The fourth-order valence-electron chi connectivity index (χ4n) is 1.77. The second-order valence-electron chi connectivity index (χ2n) is 4.54. The summed E-state index contributed by atoms with van der Waals surface area (Å²) in [5.41, 5.74) is -0.507. The van der Waals surface area contributed by atoms with Crippen molar-refractivity contribution in [2.24, 2.45) is 0 Å². The highest BCUT2D eigenvalue weighted by Gasteiger charge is 2.33. The molecule has 0 aliphatic rings. The molecule has 0 aromatic heterocycles. The molecule has 1 rings (SSSR count). The predicted molar refractivity (Wildman–Crippen MR) is 80.9 cm³/mol. The molecule has 1 aromatic carbocycles. The van der Waals surface area contributed by atoms with E-state index in [9.17, 15) is 18.5 Å². The van der Waals surface area contributed by atoms with Crippen molar-refractivity contribution >= 4 is 27.1 Å². The fraction of sp³-hybridized carbons (Fsp3) is 0.538. The molecule has 0 amide bonds. The first-order chi connectivity index (χ1) is 9.86. The molecule has 0 radical (unpaired) electrons. The number of rotatable bonds is 8. The minimum Gasteiger partial charge on any atom is -0.487 e. The number of hydrogen-bond acceptors (Lipinski definition) is 5. The van der Waals surface area contributed by atoms with Crippen LogP contribution in [0.15, 0.2) is 23.1 Å². The largest absolute Gasteiger partial charge is 0.487 e. The van der Waals surface area contributed by atoms with Crippen LogP contribution < -0.4 is 4.74 Å². The van der Waals surface area contributed by atoms with Crippen LogP contribution in [-0.2, 0) is 9.84 Å². The third-order valence-electron chi connectivity index (χ3n) is 2.96. The van der Waals surface area contributed by atoms with Crippen LogP contribution >= 0.6 is 11.6 Å². The first-order valence-electron chi connectivity index (χ1n) is 6.56. The van der Waals surface area contributed by atoms with Crippen LogP contribution in [0.25, 0.3) is 0 Å². The van der Waals surface area contributed by atoms with Crippen LogP contribution in [-0.4, -0.2) is 31.1 Å². The van der Waals surface area contributed by atoms with E-state index in [4.69, 9.17) is 16.3 Å². The maximum Gasteiger partial charge on any atom is 0.329 e. The molecule has 6 nitrogen and oxygen atoms in total. The first-order valence-corrected chi connectivity index (χ1v) is 8.64. The molecule has 8 heteroatoms. The SMILES string of the molecule is CCCOc1cccc(S(=O)(=O)C(C)CCCl)c1[N+](=O)[O-]. The van der Waals surface area contributed by atoms with E-state index in [1.165, 1.54) is 25.1 Å². The molecule has 1 aromatic rings. The van der Waals surface area contributed by atoms with Crippen molar-refractivity contribution in [3.63, 3.8) is 0 Å². The molecular formula is C13H18ClNO5S. The van der Waals surface area contributed by atoms with Crippen molar-refractivity contribution in [1.29, 1.82) is 0 Å². The summed E-state index contributed by atoms with van der Waals surface area (Å²) in [6.45, 7) is 3.62. The number of sulfone groups is 1. The lowest BCUT2D eigenvalue weighted by atomic mass is 10.3. The summed E-state index contributed by atoms with van der Waals surface area (Å²) in [5, 5.41) is 10.5. The van der Waals surface area contributed by atoms with Gasteiger partial charge in [-0.15, -0.1) is 11.6 Å². The van der Waals surface area contributed by atoms with Crippen LogP contribution in [0.4, 0.5) is 5.69 Å². The van der Waals surface area contributed by atoms with Crippen molar-refractivity contribution in [2.75, 3.05) is 12.5 Å². The molecule has 21 heavy (non-hydrogen) atoms. The van der Waals surface area contributed by atoms with Crippen molar-refractivity contribution in [1.82, 2.24) is 0 Å². The van der Waals surface area contributed by atoms with Crippen LogP contribution in [0.5, 0.6) is 5.75 Å². The van der Waals surface area contributed by atoms with Gasteiger partial charge >= 0.3 is 5.69 Å². The zero-order chi connectivity index (χ0) is 16.0. The molecule has 0 N–H and O–H groups in total. The Morgan fingerprint density at radius 1 is 1.43 bits per heavy atom. The Labute approximate surface area is 129 Å². The van der Waals surface area contributed by atoms with Gasteiger partial charge in [-0.05, 0) is 31.9 Å². The van der Waals surface area contributed by atoms with Gasteiger partial charge in [0.25, 0.3) is 0 Å². The zero-order valence-corrected chi connectivity index (χ0v) is 13.5. The quantitative estimate of drug-likeness (QED) is 0.413. The second kappa shape index (κ2) is 7.61. The third-order valence-corrected chi connectivity index (χ3v) is 5.41. The molecule has 0 heterocycles. The fourth-order valence-corrected chi connectivity index (χ4v) is 3.80. The van der Waals surface area contributed by atoms with Gasteiger partial charge in [0.2, 0.25) is 0 Å². The summed E-state index contributed by atoms with van der Waals surface area (Å²) in [5.74, 6) is 0.140. The van der Waals surface area contributed by atoms with Gasteiger partial charge in [0.1, 0.15) is 4.90 Å². The Morgan fingerprint density at radius 2 is 2.10 bits per heavy atom. The summed E-state index contributed by atoms with van der Waals surface area (Å²) < 4.78 is 30.2. The van der Waals surface area contributed by atoms with Gasteiger partial charge in [0.15, 0.2) is 15.6 Å². The maximum absolute atomic E-state index is 12.5. The highest BCUT2D eigenvalue weighted by molar-refractivity contribution is 7.92. The molecule has 0 spiro atoms. The van der Waals surface area contributed by atoms with Crippen LogP contribution in [0, 0.1) is 10.1 Å². The van der Waals surface area contributed by atoms with Crippen LogP contribution in [0.2, 0.25) is 0 Å². The Kier molecular flexibility index (Phi) is 6.42. The van der Waals surface area contributed by atoms with Gasteiger partial charge in [-0.1, -0.05) is 13.0 Å². The Morgan fingerprint density at radius 3 is 2.62 bits per heavy atom. The van der Waals surface area contributed by atoms with Crippen molar-refractivity contribution in [2.45, 2.75) is 36.8 Å². The zero-order valence-electron chi connectivity index (χ0n) is 11.9. The molecule has 0 aliphatic heterocycles. The molecule has 1 unspecified atom stereocenters. The summed E-state index contributed by atoms with van der Waals surface area (Å²) in [7, 11) is -3.83. The van der Waals surface area contributed by atoms with E-state index < -0.39 is 25.7 Å². The smallest absolute Gasteiger partial charge is 0.329 e. The van der Waals surface area contributed by atoms with Crippen molar-refractivity contribution < 1.29 is 18.1 Å². The molecule has 1 atom stereocenters. The van der Waals surface area contributed by atoms with E-state index in [1.807, 2.05) is 6.92 Å². The van der Waals surface area contributed by atoms with Gasteiger partial charge in [0, 0.05) is 5.88 Å². The summed E-state index contributed by atoms with van der Waals surface area (Å²) in [6, 6.07) is 4.08. The van der Waals surface area contributed by atoms with E-state index in [0.29, 0.717) is 6.42 Å². The van der Waals surface area contributed by atoms with Gasteiger partial charge in [-0.25, -0.2) is 8.42 Å². The number of nitro groups is 1. The van der Waals surface area contributed by atoms with E-state index in [2.05, 4.69) is 0 Å². The Balaban J connectivity index is 3.39. The third kappa shape index (κ3) is 4.07. The normalized spacial score (nSPS) is 12.9. The summed E-state index contributed by atoms with van der Waals surface area (Å²) in [4.78, 5) is 10.2. The number of benzene rings is 1. The minimum absolute atomic E-state index is 0.0269. The first kappa shape index (κ1) is 17.7. The lowest BCUT2D eigenvalue weighted by molar-refractivity contribution is -0.388. The molecule has 0 bridgehead atoms. The molecular weight excluding hydrogens is 318 g/mol. The number of hydrogen-bond donors (Lipinski definition) is 0. The maximum atomic E-state index is 12.5. The average molecular weight is 336 g/mol. The number of para-hydroxylation sites is 1. The minimum atomic E-state index is -3.83. The molecule has 0 aliphatic carbocycles. The van der Waals surface area contributed by atoms with Crippen LogP contribution in [0.3, 0.4) is 0 Å². The van der Waals surface area contributed by atoms with Crippen molar-refractivity contribution in [3.05, 3.63) is 28.3 Å². The topological polar surface area (TPSA) is 86.5 Å². The highest BCUT2D eigenvalue weighted by Crippen LogP contribution is 2.36. The number of ether oxygens (including phenoxy) is 1. The second-order valence-corrected chi connectivity index (χ2v) is 7.25. The number of nitrogens with zero attached hydrogens (tertiary/aromatic N) is 1. The van der Waals surface area contributed by atoms with Gasteiger partial charge < -0.3 is 4.74 Å². The number of halogens is 1. The van der Waals surface area contributed by atoms with Gasteiger partial charge in [-0.3, -0.25) is 10.1 Å². The predicted octanol–water partition coefficient (Wildman–Crippen LogP) is 3.17.